The van der Waals surface area contributed by atoms with E-state index in [0.717, 1.165) is 66.0 Å². The highest BCUT2D eigenvalue weighted by Gasteiger charge is 2.23. The van der Waals surface area contributed by atoms with E-state index in [1.807, 2.05) is 49.1 Å². The fraction of sp³-hybridized carbons (Fsp3) is 0.308. The predicted molar refractivity (Wildman–Crippen MR) is 130 cm³/mol. The molecular weight excluding hydrogens is 418 g/mol. The molecule has 1 amide bonds. The Balaban J connectivity index is 1.33. The summed E-state index contributed by atoms with van der Waals surface area (Å²) < 4.78 is 5.27. The van der Waals surface area contributed by atoms with Crippen LogP contribution in [0.1, 0.15) is 32.9 Å². The molecule has 4 rings (SSSR count). The summed E-state index contributed by atoms with van der Waals surface area (Å²) in [5, 5.41) is 4.03. The molecular formula is C26H29N3O2S. The SMILES string of the molecule is Cc1noc(C)c1CSc1ccccc1C(=O)N1CCN(C/C=C/c2ccccc2)CC1. The quantitative estimate of drug-likeness (QED) is 0.474. The van der Waals surface area contributed by atoms with Crippen molar-refractivity contribution < 1.29 is 9.32 Å². The lowest BCUT2D eigenvalue weighted by Crippen LogP contribution is -2.48. The topological polar surface area (TPSA) is 49.6 Å². The second kappa shape index (κ2) is 10.7. The molecule has 0 unspecified atom stereocenters. The Kier molecular flexibility index (Phi) is 7.45. The summed E-state index contributed by atoms with van der Waals surface area (Å²) in [6.45, 7) is 8.07. The zero-order valence-corrected chi connectivity index (χ0v) is 19.5. The average Bonchev–Trinajstić information content (AvgIpc) is 3.15. The van der Waals surface area contributed by atoms with Crippen molar-refractivity contribution >= 4 is 23.7 Å². The van der Waals surface area contributed by atoms with E-state index in [1.54, 1.807) is 11.8 Å². The first-order valence-electron chi connectivity index (χ1n) is 11.0. The van der Waals surface area contributed by atoms with Crippen LogP contribution in [-0.4, -0.2) is 53.6 Å². The van der Waals surface area contributed by atoms with E-state index in [1.165, 1.54) is 5.56 Å². The van der Waals surface area contributed by atoms with Crippen LogP contribution in [0.2, 0.25) is 0 Å². The van der Waals surface area contributed by atoms with Gasteiger partial charge in [0, 0.05) is 48.9 Å². The highest BCUT2D eigenvalue weighted by molar-refractivity contribution is 7.98. The lowest BCUT2D eigenvalue weighted by atomic mass is 10.1. The van der Waals surface area contributed by atoms with Crippen LogP contribution in [0.15, 0.2) is 70.1 Å². The van der Waals surface area contributed by atoms with Gasteiger partial charge >= 0.3 is 0 Å². The van der Waals surface area contributed by atoms with Crippen LogP contribution >= 0.6 is 11.8 Å². The smallest absolute Gasteiger partial charge is 0.255 e. The normalized spacial score (nSPS) is 14.9. The maximum absolute atomic E-state index is 13.3. The number of aromatic nitrogens is 1. The standard InChI is InChI=1S/C26H29N3O2S/c1-20-24(21(2)31-27-20)19-32-25-13-7-6-12-23(25)26(30)29-17-15-28(16-18-29)14-8-11-22-9-4-3-5-10-22/h3-13H,14-19H2,1-2H3/b11-8+. The van der Waals surface area contributed by atoms with Gasteiger partial charge in [-0.25, -0.2) is 0 Å². The van der Waals surface area contributed by atoms with Gasteiger partial charge in [0.1, 0.15) is 5.76 Å². The number of thioether (sulfide) groups is 1. The molecule has 0 N–H and O–H groups in total. The molecule has 3 aromatic rings. The number of aryl methyl sites for hydroxylation is 2. The summed E-state index contributed by atoms with van der Waals surface area (Å²) in [5.74, 6) is 1.70. The molecule has 6 heteroatoms. The Morgan fingerprint density at radius 2 is 1.75 bits per heavy atom. The first-order chi connectivity index (χ1) is 15.6. The van der Waals surface area contributed by atoms with Crippen molar-refractivity contribution in [1.82, 2.24) is 15.0 Å². The van der Waals surface area contributed by atoms with Crippen LogP contribution in [0, 0.1) is 13.8 Å². The van der Waals surface area contributed by atoms with E-state index in [9.17, 15) is 4.79 Å². The van der Waals surface area contributed by atoms with Gasteiger partial charge in [0.05, 0.1) is 11.3 Å². The van der Waals surface area contributed by atoms with Crippen molar-refractivity contribution in [2.75, 3.05) is 32.7 Å². The molecule has 5 nitrogen and oxygen atoms in total. The van der Waals surface area contributed by atoms with E-state index in [4.69, 9.17) is 4.52 Å². The molecule has 1 aliphatic heterocycles. The number of rotatable bonds is 7. The van der Waals surface area contributed by atoms with E-state index in [2.05, 4.69) is 46.5 Å². The third-order valence-electron chi connectivity index (χ3n) is 5.80. The van der Waals surface area contributed by atoms with Gasteiger partial charge in [-0.15, -0.1) is 11.8 Å². The molecule has 0 atom stereocenters. The summed E-state index contributed by atoms with van der Waals surface area (Å²) in [6, 6.07) is 18.2. The Morgan fingerprint density at radius 1 is 1.03 bits per heavy atom. The molecule has 1 aromatic heterocycles. The molecule has 0 spiro atoms. The predicted octanol–water partition coefficient (Wildman–Crippen LogP) is 5.05. The molecule has 0 saturated carbocycles. The van der Waals surface area contributed by atoms with Crippen LogP contribution in [0.4, 0.5) is 0 Å². The monoisotopic (exact) mass is 447 g/mol. The van der Waals surface area contributed by atoms with E-state index >= 15 is 0 Å². The number of piperazine rings is 1. The minimum Gasteiger partial charge on any atom is -0.361 e. The molecule has 0 aliphatic carbocycles. The van der Waals surface area contributed by atoms with Gasteiger partial charge in [0.25, 0.3) is 5.91 Å². The Hall–Kier alpha value is -2.83. The second-order valence-electron chi connectivity index (χ2n) is 7.99. The second-order valence-corrected chi connectivity index (χ2v) is 9.01. The van der Waals surface area contributed by atoms with E-state index in [0.29, 0.717) is 0 Å². The van der Waals surface area contributed by atoms with Gasteiger partial charge in [-0.2, -0.15) is 0 Å². The summed E-state index contributed by atoms with van der Waals surface area (Å²) in [4.78, 5) is 18.6. The fourth-order valence-corrected chi connectivity index (χ4v) is 5.03. The lowest BCUT2D eigenvalue weighted by molar-refractivity contribution is 0.0647. The summed E-state index contributed by atoms with van der Waals surface area (Å²) >= 11 is 1.67. The zero-order chi connectivity index (χ0) is 22.3. The van der Waals surface area contributed by atoms with Crippen molar-refractivity contribution in [2.45, 2.75) is 24.5 Å². The van der Waals surface area contributed by atoms with Gasteiger partial charge in [0.15, 0.2) is 0 Å². The first-order valence-corrected chi connectivity index (χ1v) is 12.0. The highest BCUT2D eigenvalue weighted by Crippen LogP contribution is 2.29. The molecule has 2 aromatic carbocycles. The Bertz CT molecular complexity index is 1050. The molecule has 32 heavy (non-hydrogen) atoms. The van der Waals surface area contributed by atoms with Crippen LogP contribution in [0.5, 0.6) is 0 Å². The summed E-state index contributed by atoms with van der Waals surface area (Å²) in [7, 11) is 0. The molecule has 166 valence electrons. The maximum Gasteiger partial charge on any atom is 0.255 e. The molecule has 1 saturated heterocycles. The van der Waals surface area contributed by atoms with Crippen molar-refractivity contribution in [3.8, 4) is 0 Å². The molecule has 1 fully saturated rings. The maximum atomic E-state index is 13.3. The van der Waals surface area contributed by atoms with Crippen molar-refractivity contribution in [3.63, 3.8) is 0 Å². The molecule has 1 aliphatic rings. The summed E-state index contributed by atoms with van der Waals surface area (Å²) in [5.41, 5.74) is 4.01. The molecule has 2 heterocycles. The van der Waals surface area contributed by atoms with Gasteiger partial charge in [-0.1, -0.05) is 59.8 Å². The minimum atomic E-state index is 0.117. The number of amides is 1. The van der Waals surface area contributed by atoms with E-state index < -0.39 is 0 Å². The average molecular weight is 448 g/mol. The number of benzene rings is 2. The van der Waals surface area contributed by atoms with Gasteiger partial charge in [-0.05, 0) is 31.5 Å². The minimum absolute atomic E-state index is 0.117. The number of carbonyl (C=O) groups excluding carboxylic acids is 1. The number of hydrogen-bond donors (Lipinski definition) is 0. The largest absolute Gasteiger partial charge is 0.361 e. The van der Waals surface area contributed by atoms with E-state index in [-0.39, 0.29) is 5.91 Å². The first kappa shape index (κ1) is 22.4. The Labute approximate surface area is 194 Å². The van der Waals surface area contributed by atoms with Gasteiger partial charge in [-0.3, -0.25) is 9.69 Å². The van der Waals surface area contributed by atoms with Crippen molar-refractivity contribution in [3.05, 3.63) is 88.8 Å². The third kappa shape index (κ3) is 5.50. The van der Waals surface area contributed by atoms with Crippen molar-refractivity contribution in [2.24, 2.45) is 0 Å². The highest BCUT2D eigenvalue weighted by atomic mass is 32.2. The third-order valence-corrected chi connectivity index (χ3v) is 6.90. The Morgan fingerprint density at radius 3 is 2.47 bits per heavy atom. The summed E-state index contributed by atoms with van der Waals surface area (Å²) in [6.07, 6.45) is 4.36. The van der Waals surface area contributed by atoms with Crippen LogP contribution in [0.3, 0.4) is 0 Å². The molecule has 0 radical (unpaired) electrons. The number of carbonyl (C=O) groups is 1. The van der Waals surface area contributed by atoms with Crippen LogP contribution in [-0.2, 0) is 5.75 Å². The molecule has 0 bridgehead atoms. The lowest BCUT2D eigenvalue weighted by Gasteiger charge is -2.34. The zero-order valence-electron chi connectivity index (χ0n) is 18.7. The van der Waals surface area contributed by atoms with Gasteiger partial charge in [0.2, 0.25) is 0 Å². The van der Waals surface area contributed by atoms with Crippen LogP contribution in [0.25, 0.3) is 6.08 Å². The van der Waals surface area contributed by atoms with Crippen LogP contribution < -0.4 is 0 Å². The number of hydrogen-bond acceptors (Lipinski definition) is 5. The van der Waals surface area contributed by atoms with Gasteiger partial charge < -0.3 is 9.42 Å². The fourth-order valence-electron chi connectivity index (χ4n) is 3.83. The number of nitrogens with zero attached hydrogens (tertiary/aromatic N) is 3. The van der Waals surface area contributed by atoms with Crippen molar-refractivity contribution in [1.29, 1.82) is 0 Å².